The minimum atomic E-state index is -0.488. The number of carbonyl (C=O) groups is 1. The van der Waals surface area contributed by atoms with Crippen LogP contribution in [0, 0.1) is 22.0 Å². The van der Waals surface area contributed by atoms with E-state index in [-0.39, 0.29) is 23.1 Å². The fourth-order valence-corrected chi connectivity index (χ4v) is 3.77. The quantitative estimate of drug-likeness (QED) is 0.226. The third-order valence-electron chi connectivity index (χ3n) is 5.40. The molecule has 0 aromatic heterocycles. The maximum atomic E-state index is 12.0. The van der Waals surface area contributed by atoms with Crippen molar-refractivity contribution < 1.29 is 19.2 Å². The molecule has 0 amide bonds. The topological polar surface area (TPSA) is 81.9 Å². The van der Waals surface area contributed by atoms with Gasteiger partial charge in [-0.25, -0.2) is 4.79 Å². The molecule has 3 rings (SSSR count). The number of rotatable bonds is 10. The second-order valence-electron chi connectivity index (χ2n) is 7.66. The molecule has 7 heteroatoms. The highest BCUT2D eigenvalue weighted by atomic mass is 16.6. The van der Waals surface area contributed by atoms with Crippen LogP contribution in [0.2, 0.25) is 0 Å². The first-order valence-electron chi connectivity index (χ1n) is 10.8. The van der Waals surface area contributed by atoms with E-state index < -0.39 is 11.9 Å². The Morgan fingerprint density at radius 2 is 1.88 bits per heavy atom. The zero-order valence-corrected chi connectivity index (χ0v) is 18.8. The van der Waals surface area contributed by atoms with Crippen molar-refractivity contribution in [1.29, 1.82) is 0 Å². The molecule has 0 N–H and O–H groups in total. The highest BCUT2D eigenvalue weighted by Gasteiger charge is 2.32. The van der Waals surface area contributed by atoms with Gasteiger partial charge < -0.3 is 14.4 Å². The zero-order valence-electron chi connectivity index (χ0n) is 18.8. The van der Waals surface area contributed by atoms with E-state index in [1.807, 2.05) is 66.9 Å². The summed E-state index contributed by atoms with van der Waals surface area (Å²) in [7, 11) is 1.61. The highest BCUT2D eigenvalue weighted by Crippen LogP contribution is 2.31. The van der Waals surface area contributed by atoms with Crippen LogP contribution in [0.3, 0.4) is 0 Å². The van der Waals surface area contributed by atoms with Crippen LogP contribution in [-0.2, 0) is 22.5 Å². The number of nitrogens with zero attached hydrogens (tertiary/aromatic N) is 2. The molecule has 0 saturated heterocycles. The predicted molar refractivity (Wildman–Crippen MR) is 126 cm³/mol. The summed E-state index contributed by atoms with van der Waals surface area (Å²) in [6, 6.07) is 17.3. The molecule has 1 heterocycles. The molecule has 0 fully saturated rings. The third-order valence-corrected chi connectivity index (χ3v) is 5.40. The molecule has 0 saturated carbocycles. The fourth-order valence-electron chi connectivity index (χ4n) is 3.77. The smallest absolute Gasteiger partial charge is 0.330 e. The average Bonchev–Trinajstić information content (AvgIpc) is 2.83. The second-order valence-corrected chi connectivity index (χ2v) is 7.66. The molecule has 172 valence electrons. The lowest BCUT2D eigenvalue weighted by Gasteiger charge is -2.26. The standard InChI is InChI=1S/C26H28N2O5/c1-3-33-26(29)14-11-22(17-20-7-5-4-6-8-20)24-15-16-27(19-25(24)28(30)31)18-21-9-12-23(32-2)13-10-21/h4-16,19,22,24H,3,17-18H2,1-2H3/b14-11+/t22-,24-/m1/s1. The van der Waals surface area contributed by atoms with Gasteiger partial charge in [0.1, 0.15) is 5.75 Å². The van der Waals surface area contributed by atoms with Crippen LogP contribution in [-0.4, -0.2) is 29.5 Å². The number of hydrogen-bond acceptors (Lipinski definition) is 6. The van der Waals surface area contributed by atoms with Gasteiger partial charge in [0.05, 0.1) is 30.8 Å². The van der Waals surface area contributed by atoms with Gasteiger partial charge in [-0.3, -0.25) is 10.1 Å². The van der Waals surface area contributed by atoms with Crippen LogP contribution >= 0.6 is 0 Å². The van der Waals surface area contributed by atoms with E-state index >= 15 is 0 Å². The number of carbonyl (C=O) groups excluding carboxylic acids is 1. The van der Waals surface area contributed by atoms with Gasteiger partial charge in [-0.05, 0) is 42.5 Å². The molecule has 1 aliphatic heterocycles. The van der Waals surface area contributed by atoms with Crippen molar-refractivity contribution in [3.63, 3.8) is 0 Å². The number of esters is 1. The zero-order chi connectivity index (χ0) is 23.6. The summed E-state index contributed by atoms with van der Waals surface area (Å²) in [4.78, 5) is 25.3. The van der Waals surface area contributed by atoms with Crippen molar-refractivity contribution in [2.45, 2.75) is 19.9 Å². The molecule has 2 aromatic carbocycles. The van der Waals surface area contributed by atoms with Gasteiger partial charge in [0, 0.05) is 18.8 Å². The van der Waals surface area contributed by atoms with Gasteiger partial charge in [-0.1, -0.05) is 54.6 Å². The van der Waals surface area contributed by atoms with E-state index in [9.17, 15) is 14.9 Å². The molecule has 1 aliphatic rings. The van der Waals surface area contributed by atoms with Crippen LogP contribution in [0.4, 0.5) is 0 Å². The number of ether oxygens (including phenoxy) is 2. The van der Waals surface area contributed by atoms with E-state index in [1.54, 1.807) is 31.2 Å². The average molecular weight is 449 g/mol. The van der Waals surface area contributed by atoms with E-state index in [4.69, 9.17) is 9.47 Å². The first-order valence-corrected chi connectivity index (χ1v) is 10.8. The lowest BCUT2D eigenvalue weighted by Crippen LogP contribution is -2.27. The Kier molecular flexibility index (Phi) is 8.41. The number of hydrogen-bond donors (Lipinski definition) is 0. The molecular weight excluding hydrogens is 420 g/mol. The molecule has 2 aromatic rings. The number of allylic oxidation sites excluding steroid dienone is 2. The number of benzene rings is 2. The summed E-state index contributed by atoms with van der Waals surface area (Å²) < 4.78 is 10.2. The van der Waals surface area contributed by atoms with Gasteiger partial charge in [0.15, 0.2) is 0 Å². The maximum absolute atomic E-state index is 12.0. The largest absolute Gasteiger partial charge is 0.497 e. The fraction of sp³-hybridized carbons (Fsp3) is 0.269. The second kappa shape index (κ2) is 11.7. The Bertz CT molecular complexity index is 1030. The first-order chi connectivity index (χ1) is 16.0. The van der Waals surface area contributed by atoms with Crippen molar-refractivity contribution in [1.82, 2.24) is 4.90 Å². The predicted octanol–water partition coefficient (Wildman–Crippen LogP) is 4.74. The van der Waals surface area contributed by atoms with Gasteiger partial charge in [0.2, 0.25) is 0 Å². The summed E-state index contributed by atoms with van der Waals surface area (Å²) in [6.07, 6.45) is 8.91. The van der Waals surface area contributed by atoms with Crippen LogP contribution in [0.5, 0.6) is 5.75 Å². The molecule has 33 heavy (non-hydrogen) atoms. The Labute approximate surface area is 193 Å². The van der Waals surface area contributed by atoms with E-state index in [2.05, 4.69) is 0 Å². The summed E-state index contributed by atoms with van der Waals surface area (Å²) in [6.45, 7) is 2.50. The molecule has 0 bridgehead atoms. The van der Waals surface area contributed by atoms with E-state index in [0.29, 0.717) is 13.0 Å². The lowest BCUT2D eigenvalue weighted by molar-refractivity contribution is -0.434. The van der Waals surface area contributed by atoms with Crippen molar-refractivity contribution in [3.05, 3.63) is 112 Å². The SMILES string of the molecule is CCOC(=O)/C=C/[C@H](Cc1ccccc1)[C@H]1C=CN(Cc2ccc(OC)cc2)C=C1[N+](=O)[O-]. The molecule has 7 nitrogen and oxygen atoms in total. The van der Waals surface area contributed by atoms with E-state index in [0.717, 1.165) is 16.9 Å². The van der Waals surface area contributed by atoms with Crippen molar-refractivity contribution >= 4 is 5.97 Å². The molecule has 0 unspecified atom stereocenters. The number of methoxy groups -OCH3 is 1. The Hall–Kier alpha value is -3.87. The van der Waals surface area contributed by atoms with Crippen LogP contribution < -0.4 is 4.74 Å². The molecule has 2 atom stereocenters. The third kappa shape index (κ3) is 6.80. The summed E-state index contributed by atoms with van der Waals surface area (Å²) in [5.74, 6) is -0.472. The van der Waals surface area contributed by atoms with Crippen LogP contribution in [0.1, 0.15) is 18.1 Å². The van der Waals surface area contributed by atoms with Crippen molar-refractivity contribution in [3.8, 4) is 5.75 Å². The highest BCUT2D eigenvalue weighted by molar-refractivity contribution is 5.81. The van der Waals surface area contributed by atoms with Crippen molar-refractivity contribution in [2.75, 3.05) is 13.7 Å². The van der Waals surface area contributed by atoms with Gasteiger partial charge in [0.25, 0.3) is 5.70 Å². The lowest BCUT2D eigenvalue weighted by atomic mass is 9.83. The summed E-state index contributed by atoms with van der Waals surface area (Å²) in [5.41, 5.74) is 2.12. The summed E-state index contributed by atoms with van der Waals surface area (Å²) in [5, 5.41) is 12.0. The van der Waals surface area contributed by atoms with E-state index in [1.165, 1.54) is 6.08 Å². The Balaban J connectivity index is 1.83. The Morgan fingerprint density at radius 1 is 1.15 bits per heavy atom. The van der Waals surface area contributed by atoms with Gasteiger partial charge in [-0.2, -0.15) is 0 Å². The minimum absolute atomic E-state index is 0.0838. The molecule has 0 spiro atoms. The monoisotopic (exact) mass is 448 g/mol. The molecule has 0 aliphatic carbocycles. The number of nitro groups is 1. The van der Waals surface area contributed by atoms with Crippen LogP contribution in [0.15, 0.2) is 90.9 Å². The van der Waals surface area contributed by atoms with Crippen molar-refractivity contribution in [2.24, 2.45) is 11.8 Å². The molecular formula is C26H28N2O5. The summed E-state index contributed by atoms with van der Waals surface area (Å²) >= 11 is 0. The molecule has 0 radical (unpaired) electrons. The van der Waals surface area contributed by atoms with Gasteiger partial charge >= 0.3 is 5.97 Å². The Morgan fingerprint density at radius 3 is 2.52 bits per heavy atom. The minimum Gasteiger partial charge on any atom is -0.497 e. The first kappa shape index (κ1) is 23.8. The van der Waals surface area contributed by atoms with Crippen LogP contribution in [0.25, 0.3) is 0 Å². The van der Waals surface area contributed by atoms with Gasteiger partial charge in [-0.15, -0.1) is 0 Å². The normalized spacial score (nSPS) is 16.4. The maximum Gasteiger partial charge on any atom is 0.330 e.